The zero-order valence-corrected chi connectivity index (χ0v) is 15.8. The van der Waals surface area contributed by atoms with E-state index in [1.165, 1.54) is 21.5 Å². The Kier molecular flexibility index (Phi) is 4.31. The number of thiazole rings is 1. The van der Waals surface area contributed by atoms with E-state index in [4.69, 9.17) is 0 Å². The van der Waals surface area contributed by atoms with Crippen molar-refractivity contribution < 1.29 is 0 Å². The van der Waals surface area contributed by atoms with Crippen LogP contribution in [0.4, 0.5) is 5.13 Å². The zero-order valence-electron chi connectivity index (χ0n) is 15.0. The molecule has 2 aromatic carbocycles. The number of aromatic nitrogens is 2. The molecule has 0 fully saturated rings. The van der Waals surface area contributed by atoms with Gasteiger partial charge >= 0.3 is 0 Å². The fraction of sp³-hybridized carbons (Fsp3) is 0.143. The van der Waals surface area contributed by atoms with Crippen molar-refractivity contribution in [3.05, 3.63) is 70.7 Å². The summed E-state index contributed by atoms with van der Waals surface area (Å²) in [6.45, 7) is 4.20. The van der Waals surface area contributed by atoms with Gasteiger partial charge in [0.05, 0.1) is 11.9 Å². The van der Waals surface area contributed by atoms with Crippen LogP contribution in [0.15, 0.2) is 59.7 Å². The molecule has 0 aliphatic rings. The van der Waals surface area contributed by atoms with Crippen LogP contribution in [-0.4, -0.2) is 15.8 Å². The Bertz CT molecular complexity index is 1090. The SMILES string of the molecule is Cc1sc(N/N=C\c2c(C)n(C)c3ccccc23)nc1-c1ccccc1. The van der Waals surface area contributed by atoms with E-state index in [2.05, 4.69) is 77.4 Å². The Morgan fingerprint density at radius 1 is 1.04 bits per heavy atom. The lowest BCUT2D eigenvalue weighted by molar-refractivity contribution is 0.916. The second-order valence-electron chi connectivity index (χ2n) is 6.24. The van der Waals surface area contributed by atoms with Crippen molar-refractivity contribution in [1.82, 2.24) is 9.55 Å². The van der Waals surface area contributed by atoms with Crippen molar-refractivity contribution in [2.24, 2.45) is 12.1 Å². The van der Waals surface area contributed by atoms with Gasteiger partial charge in [-0.15, -0.1) is 11.3 Å². The highest BCUT2D eigenvalue weighted by Gasteiger charge is 2.10. The third-order valence-corrected chi connectivity index (χ3v) is 5.52. The molecule has 0 aliphatic carbocycles. The highest BCUT2D eigenvalue weighted by Crippen LogP contribution is 2.30. The third-order valence-electron chi connectivity index (χ3n) is 4.65. The largest absolute Gasteiger partial charge is 0.347 e. The molecule has 0 saturated heterocycles. The van der Waals surface area contributed by atoms with Crippen molar-refractivity contribution in [3.63, 3.8) is 0 Å². The number of para-hydroxylation sites is 1. The second kappa shape index (κ2) is 6.77. The monoisotopic (exact) mass is 360 g/mol. The maximum absolute atomic E-state index is 4.69. The van der Waals surface area contributed by atoms with Gasteiger partial charge in [0.25, 0.3) is 0 Å². The molecule has 0 bridgehead atoms. The number of benzene rings is 2. The van der Waals surface area contributed by atoms with Crippen LogP contribution in [0.3, 0.4) is 0 Å². The van der Waals surface area contributed by atoms with Crippen LogP contribution in [0, 0.1) is 13.8 Å². The quantitative estimate of drug-likeness (QED) is 0.393. The Labute approximate surface area is 156 Å². The summed E-state index contributed by atoms with van der Waals surface area (Å²) in [5.74, 6) is 0. The first-order valence-electron chi connectivity index (χ1n) is 8.51. The lowest BCUT2D eigenvalue weighted by atomic mass is 10.1. The summed E-state index contributed by atoms with van der Waals surface area (Å²) in [5, 5.41) is 6.45. The van der Waals surface area contributed by atoms with Crippen molar-refractivity contribution in [2.75, 3.05) is 5.43 Å². The highest BCUT2D eigenvalue weighted by molar-refractivity contribution is 7.15. The molecule has 0 spiro atoms. The molecule has 0 unspecified atom stereocenters. The number of hydrazone groups is 1. The van der Waals surface area contributed by atoms with E-state index in [0.717, 1.165) is 22.0 Å². The molecule has 0 saturated carbocycles. The van der Waals surface area contributed by atoms with Gasteiger partial charge in [0.1, 0.15) is 0 Å². The number of nitrogens with zero attached hydrogens (tertiary/aromatic N) is 3. The number of aryl methyl sites for hydroxylation is 2. The fourth-order valence-corrected chi connectivity index (χ4v) is 3.96. The van der Waals surface area contributed by atoms with E-state index in [0.29, 0.717) is 0 Å². The van der Waals surface area contributed by atoms with E-state index < -0.39 is 0 Å². The Morgan fingerprint density at radius 2 is 1.77 bits per heavy atom. The molecule has 0 radical (unpaired) electrons. The standard InChI is InChI=1S/C21H20N4S/c1-14-18(17-11-7-8-12-19(17)25(14)3)13-22-24-21-23-20(15(2)26-21)16-9-5-4-6-10-16/h4-13H,1-3H3,(H,23,24)/b22-13-. The van der Waals surface area contributed by atoms with Crippen LogP contribution in [0.2, 0.25) is 0 Å². The number of anilines is 1. The van der Waals surface area contributed by atoms with E-state index in [1.54, 1.807) is 11.3 Å². The fourth-order valence-electron chi connectivity index (χ4n) is 3.17. The molecule has 4 rings (SSSR count). The number of rotatable bonds is 4. The predicted molar refractivity (Wildman–Crippen MR) is 111 cm³/mol. The number of hydrogen-bond donors (Lipinski definition) is 1. The van der Waals surface area contributed by atoms with Gasteiger partial charge in [0.15, 0.2) is 0 Å². The molecular weight excluding hydrogens is 340 g/mol. The van der Waals surface area contributed by atoms with Gasteiger partial charge in [-0.1, -0.05) is 48.5 Å². The van der Waals surface area contributed by atoms with Gasteiger partial charge in [-0.25, -0.2) is 4.98 Å². The van der Waals surface area contributed by atoms with Crippen LogP contribution in [0.25, 0.3) is 22.2 Å². The average Bonchev–Trinajstić information content (AvgIpc) is 3.15. The van der Waals surface area contributed by atoms with Gasteiger partial charge in [-0.05, 0) is 19.9 Å². The van der Waals surface area contributed by atoms with Crippen molar-refractivity contribution in [2.45, 2.75) is 13.8 Å². The van der Waals surface area contributed by atoms with Gasteiger partial charge in [0.2, 0.25) is 5.13 Å². The summed E-state index contributed by atoms with van der Waals surface area (Å²) in [6.07, 6.45) is 1.89. The summed E-state index contributed by atoms with van der Waals surface area (Å²) in [5.41, 5.74) is 8.76. The van der Waals surface area contributed by atoms with Gasteiger partial charge in [-0.2, -0.15) is 5.10 Å². The van der Waals surface area contributed by atoms with E-state index in [9.17, 15) is 0 Å². The molecule has 5 heteroatoms. The molecule has 2 heterocycles. The maximum atomic E-state index is 4.69. The first-order chi connectivity index (χ1) is 12.6. The van der Waals surface area contributed by atoms with Crippen LogP contribution in [0.5, 0.6) is 0 Å². The zero-order chi connectivity index (χ0) is 18.1. The number of fused-ring (bicyclic) bond motifs is 1. The maximum Gasteiger partial charge on any atom is 0.204 e. The Hall–Kier alpha value is -2.92. The number of nitrogens with one attached hydrogen (secondary N) is 1. The summed E-state index contributed by atoms with van der Waals surface area (Å²) < 4.78 is 2.19. The normalized spacial score (nSPS) is 11.5. The lowest BCUT2D eigenvalue weighted by Gasteiger charge is -1.98. The Morgan fingerprint density at radius 3 is 2.58 bits per heavy atom. The topological polar surface area (TPSA) is 42.2 Å². The van der Waals surface area contributed by atoms with Gasteiger partial charge in [0, 0.05) is 39.6 Å². The summed E-state index contributed by atoms with van der Waals surface area (Å²) in [6, 6.07) is 18.6. The minimum Gasteiger partial charge on any atom is -0.347 e. The van der Waals surface area contributed by atoms with E-state index >= 15 is 0 Å². The molecule has 4 aromatic rings. The second-order valence-corrected chi connectivity index (χ2v) is 7.44. The lowest BCUT2D eigenvalue weighted by Crippen LogP contribution is -1.94. The predicted octanol–water partition coefficient (Wildman–Crippen LogP) is 5.36. The van der Waals surface area contributed by atoms with Crippen LogP contribution in [0.1, 0.15) is 16.1 Å². The molecule has 0 amide bonds. The average molecular weight is 360 g/mol. The molecular formula is C21H20N4S. The molecule has 2 aromatic heterocycles. The van der Waals surface area contributed by atoms with Crippen LogP contribution >= 0.6 is 11.3 Å². The van der Waals surface area contributed by atoms with E-state index in [-0.39, 0.29) is 0 Å². The number of hydrogen-bond acceptors (Lipinski definition) is 4. The molecule has 1 N–H and O–H groups in total. The van der Waals surface area contributed by atoms with Gasteiger partial charge in [-0.3, -0.25) is 5.43 Å². The van der Waals surface area contributed by atoms with Crippen molar-refractivity contribution >= 4 is 33.6 Å². The summed E-state index contributed by atoms with van der Waals surface area (Å²) in [7, 11) is 2.08. The van der Waals surface area contributed by atoms with Crippen molar-refractivity contribution in [1.29, 1.82) is 0 Å². The molecule has 4 nitrogen and oxygen atoms in total. The smallest absolute Gasteiger partial charge is 0.204 e. The minimum absolute atomic E-state index is 0.801. The molecule has 0 atom stereocenters. The summed E-state index contributed by atoms with van der Waals surface area (Å²) >= 11 is 1.62. The van der Waals surface area contributed by atoms with Crippen molar-refractivity contribution in [3.8, 4) is 11.3 Å². The first-order valence-corrected chi connectivity index (χ1v) is 9.32. The third kappa shape index (κ3) is 2.91. The van der Waals surface area contributed by atoms with Crippen LogP contribution < -0.4 is 5.43 Å². The van der Waals surface area contributed by atoms with E-state index in [1.807, 2.05) is 24.4 Å². The molecule has 0 aliphatic heterocycles. The first kappa shape index (κ1) is 16.5. The Balaban J connectivity index is 1.60. The van der Waals surface area contributed by atoms with Gasteiger partial charge < -0.3 is 4.57 Å². The minimum atomic E-state index is 0.801. The molecule has 26 heavy (non-hydrogen) atoms. The highest BCUT2D eigenvalue weighted by atomic mass is 32.1. The summed E-state index contributed by atoms with van der Waals surface area (Å²) in [4.78, 5) is 5.87. The molecule has 130 valence electrons. The van der Waals surface area contributed by atoms with Crippen LogP contribution in [-0.2, 0) is 7.05 Å².